The predicted octanol–water partition coefficient (Wildman–Crippen LogP) is 0.309. The maximum absolute atomic E-state index is 11.2. The van der Waals surface area contributed by atoms with Crippen LogP contribution in [0.4, 0.5) is 5.69 Å². The third kappa shape index (κ3) is 1.73. The minimum Gasteiger partial charge on any atom is -0.506 e. The van der Waals surface area contributed by atoms with Gasteiger partial charge in [-0.15, -0.1) is 0 Å². The first kappa shape index (κ1) is 9.82. The molecule has 0 aliphatic rings. The molecule has 1 rings (SSSR count). The van der Waals surface area contributed by atoms with Crippen LogP contribution in [0.15, 0.2) is 23.1 Å². The van der Waals surface area contributed by atoms with Gasteiger partial charge in [-0.2, -0.15) is 8.42 Å². The van der Waals surface area contributed by atoms with E-state index in [1.165, 1.54) is 18.2 Å². The van der Waals surface area contributed by atoms with E-state index in [0.29, 0.717) is 0 Å². The molecule has 0 fully saturated rings. The first-order valence-electron chi connectivity index (χ1n) is 3.37. The monoisotopic (exact) mass is 203 g/mol. The Morgan fingerprint density at radius 3 is 2.54 bits per heavy atom. The van der Waals surface area contributed by atoms with E-state index in [1.54, 1.807) is 0 Å². The zero-order valence-corrected chi connectivity index (χ0v) is 7.71. The van der Waals surface area contributed by atoms with Gasteiger partial charge in [0.1, 0.15) is 5.75 Å². The summed E-state index contributed by atoms with van der Waals surface area (Å²) in [6, 6.07) is 4.03. The average Bonchev–Trinajstić information content (AvgIpc) is 2.03. The van der Waals surface area contributed by atoms with Gasteiger partial charge in [-0.05, 0) is 12.1 Å². The molecule has 0 aliphatic heterocycles. The van der Waals surface area contributed by atoms with Crippen LogP contribution in [-0.4, -0.2) is 20.6 Å². The maximum atomic E-state index is 11.2. The highest BCUT2D eigenvalue weighted by atomic mass is 32.2. The largest absolute Gasteiger partial charge is 0.506 e. The molecule has 0 radical (unpaired) electrons. The van der Waals surface area contributed by atoms with Gasteiger partial charge < -0.3 is 10.8 Å². The number of nitrogens with two attached hydrogens (primary N) is 1. The number of anilines is 1. The lowest BCUT2D eigenvalue weighted by Gasteiger charge is -2.06. The van der Waals surface area contributed by atoms with Crippen LogP contribution >= 0.6 is 0 Å². The fourth-order valence-electron chi connectivity index (χ4n) is 0.898. The Bertz CT molecular complexity index is 392. The number of hydrogen-bond donors (Lipinski definition) is 2. The van der Waals surface area contributed by atoms with Crippen LogP contribution in [-0.2, 0) is 14.3 Å². The third-order valence-electron chi connectivity index (χ3n) is 1.49. The highest BCUT2D eigenvalue weighted by Crippen LogP contribution is 2.28. The molecule has 1 aromatic carbocycles. The van der Waals surface area contributed by atoms with Crippen LogP contribution in [0.2, 0.25) is 0 Å². The van der Waals surface area contributed by atoms with Crippen molar-refractivity contribution in [3.63, 3.8) is 0 Å². The summed E-state index contributed by atoms with van der Waals surface area (Å²) in [5.41, 5.74) is 5.32. The Morgan fingerprint density at radius 1 is 1.46 bits per heavy atom. The summed E-state index contributed by atoms with van der Waals surface area (Å²) in [5, 5.41) is 9.22. The van der Waals surface area contributed by atoms with Crippen LogP contribution in [0, 0.1) is 0 Å². The number of aromatic hydroxyl groups is 1. The van der Waals surface area contributed by atoms with E-state index in [9.17, 15) is 13.5 Å². The topological polar surface area (TPSA) is 89.6 Å². The molecule has 0 atom stereocenters. The Hall–Kier alpha value is -1.27. The molecule has 72 valence electrons. The lowest BCUT2D eigenvalue weighted by atomic mass is 10.3. The summed E-state index contributed by atoms with van der Waals surface area (Å²) in [6.07, 6.45) is 0. The average molecular weight is 203 g/mol. The number of phenols is 1. The SMILES string of the molecule is COS(=O)(=O)c1c(N)cccc1O. The molecule has 0 bridgehead atoms. The minimum atomic E-state index is -3.93. The van der Waals surface area contributed by atoms with E-state index >= 15 is 0 Å². The van der Waals surface area contributed by atoms with Crippen molar-refractivity contribution in [2.24, 2.45) is 0 Å². The van der Waals surface area contributed by atoms with Crippen molar-refractivity contribution in [3.8, 4) is 5.75 Å². The van der Waals surface area contributed by atoms with E-state index in [0.717, 1.165) is 7.11 Å². The maximum Gasteiger partial charge on any atom is 0.302 e. The Labute approximate surface area is 75.9 Å². The standard InChI is InChI=1S/C7H9NO4S/c1-12-13(10,11)7-5(8)3-2-4-6(7)9/h2-4,9H,8H2,1H3. The molecule has 0 unspecified atom stereocenters. The lowest BCUT2D eigenvalue weighted by Crippen LogP contribution is -2.06. The van der Waals surface area contributed by atoms with Crippen molar-refractivity contribution >= 4 is 15.8 Å². The van der Waals surface area contributed by atoms with Crippen molar-refractivity contribution in [2.45, 2.75) is 4.90 Å². The van der Waals surface area contributed by atoms with Gasteiger partial charge in [0.2, 0.25) is 0 Å². The summed E-state index contributed by atoms with van der Waals surface area (Å²) in [7, 11) is -2.93. The highest BCUT2D eigenvalue weighted by molar-refractivity contribution is 7.87. The second-order valence-corrected chi connectivity index (χ2v) is 3.97. The van der Waals surface area contributed by atoms with E-state index in [1.807, 2.05) is 0 Å². The number of nitrogen functional groups attached to an aromatic ring is 1. The van der Waals surface area contributed by atoms with E-state index in [4.69, 9.17) is 5.73 Å². The van der Waals surface area contributed by atoms with Gasteiger partial charge in [0.25, 0.3) is 0 Å². The summed E-state index contributed by atoms with van der Waals surface area (Å²) in [5.74, 6) is -0.415. The number of benzene rings is 1. The molecular weight excluding hydrogens is 194 g/mol. The summed E-state index contributed by atoms with van der Waals surface area (Å²) in [6.45, 7) is 0. The molecule has 6 heteroatoms. The van der Waals surface area contributed by atoms with Crippen molar-refractivity contribution in [2.75, 3.05) is 12.8 Å². The zero-order chi connectivity index (χ0) is 10.1. The summed E-state index contributed by atoms with van der Waals surface area (Å²) >= 11 is 0. The van der Waals surface area contributed by atoms with Gasteiger partial charge in [0.15, 0.2) is 4.90 Å². The van der Waals surface area contributed by atoms with Crippen molar-refractivity contribution in [1.29, 1.82) is 0 Å². The van der Waals surface area contributed by atoms with E-state index in [-0.39, 0.29) is 5.69 Å². The molecule has 0 aromatic heterocycles. The van der Waals surface area contributed by atoms with Crippen molar-refractivity contribution in [3.05, 3.63) is 18.2 Å². The van der Waals surface area contributed by atoms with Gasteiger partial charge in [-0.3, -0.25) is 4.18 Å². The van der Waals surface area contributed by atoms with Crippen LogP contribution in [0.25, 0.3) is 0 Å². The van der Waals surface area contributed by atoms with Gasteiger partial charge >= 0.3 is 10.1 Å². The molecule has 3 N–H and O–H groups in total. The molecule has 5 nitrogen and oxygen atoms in total. The van der Waals surface area contributed by atoms with Gasteiger partial charge in [-0.25, -0.2) is 0 Å². The first-order valence-corrected chi connectivity index (χ1v) is 4.78. The second kappa shape index (κ2) is 3.23. The minimum absolute atomic E-state index is 0.0400. The van der Waals surface area contributed by atoms with Crippen LogP contribution < -0.4 is 5.73 Å². The zero-order valence-electron chi connectivity index (χ0n) is 6.89. The molecule has 0 heterocycles. The van der Waals surface area contributed by atoms with Crippen molar-refractivity contribution < 1.29 is 17.7 Å². The number of rotatable bonds is 2. The number of phenolic OH excluding ortho intramolecular Hbond substituents is 1. The first-order chi connectivity index (χ1) is 5.99. The quantitative estimate of drug-likeness (QED) is 0.533. The van der Waals surface area contributed by atoms with Crippen molar-refractivity contribution in [1.82, 2.24) is 0 Å². The van der Waals surface area contributed by atoms with Crippen LogP contribution in [0.3, 0.4) is 0 Å². The van der Waals surface area contributed by atoms with E-state index < -0.39 is 20.8 Å². The van der Waals surface area contributed by atoms with Crippen LogP contribution in [0.5, 0.6) is 5.75 Å². The van der Waals surface area contributed by atoms with Crippen LogP contribution in [0.1, 0.15) is 0 Å². The molecule has 0 spiro atoms. The molecule has 0 amide bonds. The van der Waals surface area contributed by atoms with Gasteiger partial charge in [0.05, 0.1) is 12.8 Å². The Balaban J connectivity index is 3.46. The number of hydrogen-bond acceptors (Lipinski definition) is 5. The normalized spacial score (nSPS) is 11.5. The molecule has 0 saturated heterocycles. The summed E-state index contributed by atoms with van der Waals surface area (Å²) in [4.78, 5) is -0.391. The lowest BCUT2D eigenvalue weighted by molar-refractivity contribution is 0.390. The van der Waals surface area contributed by atoms with Gasteiger partial charge in [0, 0.05) is 0 Å². The fourth-order valence-corrected chi connectivity index (χ4v) is 1.75. The second-order valence-electron chi connectivity index (χ2n) is 2.32. The Morgan fingerprint density at radius 2 is 2.08 bits per heavy atom. The Kier molecular flexibility index (Phi) is 2.44. The highest BCUT2D eigenvalue weighted by Gasteiger charge is 2.20. The summed E-state index contributed by atoms with van der Waals surface area (Å²) < 4.78 is 26.6. The molecule has 1 aromatic rings. The third-order valence-corrected chi connectivity index (χ3v) is 2.88. The van der Waals surface area contributed by atoms with E-state index in [2.05, 4.69) is 4.18 Å². The molecular formula is C7H9NO4S. The predicted molar refractivity (Wildman–Crippen MR) is 46.7 cm³/mol. The fraction of sp³-hybridized carbons (Fsp3) is 0.143. The molecule has 0 aliphatic carbocycles. The van der Waals surface area contributed by atoms with Gasteiger partial charge in [-0.1, -0.05) is 6.07 Å². The smallest absolute Gasteiger partial charge is 0.302 e. The molecule has 13 heavy (non-hydrogen) atoms. The molecule has 0 saturated carbocycles.